The average molecular weight is 354 g/mol. The molecule has 2 atom stereocenters. The Morgan fingerprint density at radius 3 is 2.54 bits per heavy atom. The molecule has 2 heterocycles. The SMILES string of the molecule is C/C(=C\c1ccccc1)CN1C[C@H]2CN(C(=O)C3CC3)C[C@@]2(C(=O)O)C1. The van der Waals surface area contributed by atoms with Crippen LogP contribution in [0.15, 0.2) is 35.9 Å². The molecule has 3 aliphatic rings. The van der Waals surface area contributed by atoms with Gasteiger partial charge in [-0.05, 0) is 25.3 Å². The summed E-state index contributed by atoms with van der Waals surface area (Å²) in [5.41, 5.74) is 1.60. The summed E-state index contributed by atoms with van der Waals surface area (Å²) in [4.78, 5) is 28.5. The Hall–Kier alpha value is -2.14. The second-order valence-electron chi connectivity index (χ2n) is 8.22. The van der Waals surface area contributed by atoms with Crippen LogP contribution in [0, 0.1) is 17.3 Å². The molecule has 1 aromatic carbocycles. The number of carbonyl (C=O) groups is 2. The molecule has 2 aliphatic heterocycles. The monoisotopic (exact) mass is 354 g/mol. The van der Waals surface area contributed by atoms with E-state index in [0.29, 0.717) is 19.6 Å². The molecular weight excluding hydrogens is 328 g/mol. The summed E-state index contributed by atoms with van der Waals surface area (Å²) in [6.07, 6.45) is 4.09. The molecule has 1 aromatic rings. The van der Waals surface area contributed by atoms with Gasteiger partial charge in [0.25, 0.3) is 0 Å². The normalized spacial score (nSPS) is 29.0. The first-order chi connectivity index (χ1) is 12.5. The van der Waals surface area contributed by atoms with Gasteiger partial charge < -0.3 is 10.0 Å². The molecule has 0 aromatic heterocycles. The van der Waals surface area contributed by atoms with Crippen molar-refractivity contribution in [3.05, 3.63) is 41.5 Å². The van der Waals surface area contributed by atoms with E-state index in [1.807, 2.05) is 23.1 Å². The summed E-state index contributed by atoms with van der Waals surface area (Å²) in [6, 6.07) is 10.2. The first-order valence-corrected chi connectivity index (χ1v) is 9.45. The number of carbonyl (C=O) groups excluding carboxylic acids is 1. The highest BCUT2D eigenvalue weighted by atomic mass is 16.4. The molecule has 0 radical (unpaired) electrons. The number of aliphatic carboxylic acids is 1. The number of carboxylic acids is 1. The smallest absolute Gasteiger partial charge is 0.313 e. The van der Waals surface area contributed by atoms with Crippen LogP contribution in [0.2, 0.25) is 0 Å². The summed E-state index contributed by atoms with van der Waals surface area (Å²) in [5, 5.41) is 9.94. The van der Waals surface area contributed by atoms with Crippen molar-refractivity contribution in [2.75, 3.05) is 32.7 Å². The molecular formula is C21H26N2O3. The number of likely N-dealkylation sites (tertiary alicyclic amines) is 2. The van der Waals surface area contributed by atoms with E-state index in [-0.39, 0.29) is 17.7 Å². The first kappa shape index (κ1) is 17.3. The summed E-state index contributed by atoms with van der Waals surface area (Å²) >= 11 is 0. The fourth-order valence-corrected chi connectivity index (χ4v) is 4.58. The number of hydrogen-bond acceptors (Lipinski definition) is 3. The van der Waals surface area contributed by atoms with Gasteiger partial charge in [-0.15, -0.1) is 0 Å². The highest BCUT2D eigenvalue weighted by Gasteiger charge is 2.59. The first-order valence-electron chi connectivity index (χ1n) is 9.45. The van der Waals surface area contributed by atoms with Crippen LogP contribution in [0.5, 0.6) is 0 Å². The van der Waals surface area contributed by atoms with E-state index in [0.717, 1.165) is 25.9 Å². The molecule has 5 heteroatoms. The third-order valence-corrected chi connectivity index (χ3v) is 6.03. The standard InChI is InChI=1S/C21H26N2O3/c1-15(9-16-5-3-2-4-6-16)10-22-11-18-12-23(19(24)17-7-8-17)14-21(18,13-22)20(25)26/h2-6,9,17-18H,7-8,10-14H2,1H3,(H,25,26)/b15-9+/t18-,21-/m0/s1. The van der Waals surface area contributed by atoms with E-state index in [2.05, 4.69) is 30.0 Å². The topological polar surface area (TPSA) is 60.9 Å². The third kappa shape index (κ3) is 3.16. The van der Waals surface area contributed by atoms with Crippen molar-refractivity contribution >= 4 is 18.0 Å². The van der Waals surface area contributed by atoms with Crippen LogP contribution >= 0.6 is 0 Å². The zero-order valence-corrected chi connectivity index (χ0v) is 15.2. The molecule has 4 rings (SSSR count). The van der Waals surface area contributed by atoms with Gasteiger partial charge in [0.2, 0.25) is 5.91 Å². The Kier molecular flexibility index (Phi) is 4.35. The van der Waals surface area contributed by atoms with Crippen LogP contribution in [0.4, 0.5) is 0 Å². The quantitative estimate of drug-likeness (QED) is 0.882. The molecule has 2 saturated heterocycles. The molecule has 0 spiro atoms. The Morgan fingerprint density at radius 2 is 1.92 bits per heavy atom. The minimum atomic E-state index is -0.794. The molecule has 0 bridgehead atoms. The lowest BCUT2D eigenvalue weighted by Crippen LogP contribution is -2.42. The number of hydrogen-bond donors (Lipinski definition) is 1. The van der Waals surface area contributed by atoms with E-state index in [1.54, 1.807) is 0 Å². The van der Waals surface area contributed by atoms with Crippen molar-refractivity contribution in [2.24, 2.45) is 17.3 Å². The average Bonchev–Trinajstić information content (AvgIpc) is 3.30. The zero-order valence-electron chi connectivity index (χ0n) is 15.2. The molecule has 1 saturated carbocycles. The lowest BCUT2D eigenvalue weighted by atomic mass is 9.81. The van der Waals surface area contributed by atoms with E-state index in [4.69, 9.17) is 0 Å². The predicted molar refractivity (Wildman–Crippen MR) is 99.4 cm³/mol. The zero-order chi connectivity index (χ0) is 18.3. The summed E-state index contributed by atoms with van der Waals surface area (Å²) in [7, 11) is 0. The van der Waals surface area contributed by atoms with Gasteiger partial charge in [0, 0.05) is 44.6 Å². The highest BCUT2D eigenvalue weighted by molar-refractivity contribution is 5.84. The largest absolute Gasteiger partial charge is 0.481 e. The number of carboxylic acid groups (broad SMARTS) is 1. The summed E-state index contributed by atoms with van der Waals surface area (Å²) in [5.74, 6) is -0.383. The van der Waals surface area contributed by atoms with Crippen molar-refractivity contribution < 1.29 is 14.7 Å². The summed E-state index contributed by atoms with van der Waals surface area (Å²) < 4.78 is 0. The van der Waals surface area contributed by atoms with Gasteiger partial charge in [0.05, 0.1) is 0 Å². The van der Waals surface area contributed by atoms with Crippen LogP contribution in [0.3, 0.4) is 0 Å². The van der Waals surface area contributed by atoms with Crippen LogP contribution in [-0.2, 0) is 9.59 Å². The molecule has 1 amide bonds. The van der Waals surface area contributed by atoms with Crippen LogP contribution in [-0.4, -0.2) is 59.5 Å². The molecule has 0 unspecified atom stereocenters. The Labute approximate surface area is 154 Å². The van der Waals surface area contributed by atoms with Gasteiger partial charge in [-0.1, -0.05) is 42.0 Å². The minimum absolute atomic E-state index is 0.0345. The van der Waals surface area contributed by atoms with Crippen molar-refractivity contribution in [3.63, 3.8) is 0 Å². The maximum absolute atomic E-state index is 12.4. The maximum atomic E-state index is 12.4. The third-order valence-electron chi connectivity index (χ3n) is 6.03. The van der Waals surface area contributed by atoms with Crippen LogP contribution < -0.4 is 0 Å². The Morgan fingerprint density at radius 1 is 1.19 bits per heavy atom. The number of nitrogens with zero attached hydrogens (tertiary/aromatic N) is 2. The van der Waals surface area contributed by atoms with E-state index in [1.165, 1.54) is 11.1 Å². The van der Waals surface area contributed by atoms with Crippen molar-refractivity contribution in [2.45, 2.75) is 19.8 Å². The Balaban J connectivity index is 1.44. The van der Waals surface area contributed by atoms with E-state index in [9.17, 15) is 14.7 Å². The molecule has 5 nitrogen and oxygen atoms in total. The molecule has 1 aliphatic carbocycles. The van der Waals surface area contributed by atoms with Crippen molar-refractivity contribution in [1.82, 2.24) is 9.80 Å². The molecule has 138 valence electrons. The van der Waals surface area contributed by atoms with Crippen molar-refractivity contribution in [1.29, 1.82) is 0 Å². The van der Waals surface area contributed by atoms with Crippen LogP contribution in [0.25, 0.3) is 6.08 Å². The summed E-state index contributed by atoms with van der Waals surface area (Å²) in [6.45, 7) is 5.12. The van der Waals surface area contributed by atoms with E-state index >= 15 is 0 Å². The Bertz CT molecular complexity index is 741. The minimum Gasteiger partial charge on any atom is -0.481 e. The van der Waals surface area contributed by atoms with Gasteiger partial charge in [-0.2, -0.15) is 0 Å². The molecule has 1 N–H and O–H groups in total. The van der Waals surface area contributed by atoms with Gasteiger partial charge in [0.1, 0.15) is 5.41 Å². The fraction of sp³-hybridized carbons (Fsp3) is 0.524. The van der Waals surface area contributed by atoms with E-state index < -0.39 is 11.4 Å². The molecule has 26 heavy (non-hydrogen) atoms. The number of rotatable bonds is 5. The second-order valence-corrected chi connectivity index (χ2v) is 8.22. The highest BCUT2D eigenvalue weighted by Crippen LogP contribution is 2.44. The number of benzene rings is 1. The van der Waals surface area contributed by atoms with Crippen LogP contribution in [0.1, 0.15) is 25.3 Å². The van der Waals surface area contributed by atoms with Crippen molar-refractivity contribution in [3.8, 4) is 0 Å². The number of fused-ring (bicyclic) bond motifs is 1. The maximum Gasteiger partial charge on any atom is 0.313 e. The molecule has 3 fully saturated rings. The fourth-order valence-electron chi connectivity index (χ4n) is 4.58. The van der Waals surface area contributed by atoms with Gasteiger partial charge in [-0.25, -0.2) is 0 Å². The predicted octanol–water partition coefficient (Wildman–Crippen LogP) is 2.34. The van der Waals surface area contributed by atoms with Gasteiger partial charge in [-0.3, -0.25) is 14.5 Å². The lowest BCUT2D eigenvalue weighted by molar-refractivity contribution is -0.149. The lowest BCUT2D eigenvalue weighted by Gasteiger charge is -2.25. The van der Waals surface area contributed by atoms with Gasteiger partial charge >= 0.3 is 5.97 Å². The second kappa shape index (κ2) is 6.54. The number of amides is 1. The van der Waals surface area contributed by atoms with Gasteiger partial charge in [0.15, 0.2) is 0 Å².